The number of hydrogen-bond donors (Lipinski definition) is 0. The molecule has 1 atom stereocenters. The highest BCUT2D eigenvalue weighted by atomic mass is 35.5. The van der Waals surface area contributed by atoms with Crippen LogP contribution >= 0.6 is 11.6 Å². The van der Waals surface area contributed by atoms with Crippen molar-refractivity contribution in [1.82, 2.24) is 4.90 Å². The van der Waals surface area contributed by atoms with E-state index in [0.717, 1.165) is 6.42 Å². The molecule has 0 aliphatic carbocycles. The van der Waals surface area contributed by atoms with Crippen LogP contribution in [0.25, 0.3) is 0 Å². The van der Waals surface area contributed by atoms with E-state index in [-0.39, 0.29) is 11.7 Å². The van der Waals surface area contributed by atoms with Crippen LogP contribution in [0.3, 0.4) is 0 Å². The molecule has 0 spiro atoms. The van der Waals surface area contributed by atoms with Gasteiger partial charge in [0.15, 0.2) is 9.84 Å². The number of carbonyl (C=O) groups excluding carboxylic acids is 1. The van der Waals surface area contributed by atoms with Crippen molar-refractivity contribution in [2.45, 2.75) is 37.9 Å². The second-order valence-corrected chi connectivity index (χ2v) is 6.99. The molecular formula is C11H20ClNO3S. The van der Waals surface area contributed by atoms with Crippen LogP contribution in [0, 0.1) is 0 Å². The lowest BCUT2D eigenvalue weighted by molar-refractivity contribution is -0.130. The van der Waals surface area contributed by atoms with Crippen molar-refractivity contribution in [3.63, 3.8) is 0 Å². The van der Waals surface area contributed by atoms with E-state index in [0.29, 0.717) is 38.2 Å². The summed E-state index contributed by atoms with van der Waals surface area (Å²) in [6, 6.07) is 0. The van der Waals surface area contributed by atoms with Gasteiger partial charge < -0.3 is 4.90 Å². The van der Waals surface area contributed by atoms with Gasteiger partial charge in [-0.3, -0.25) is 4.79 Å². The van der Waals surface area contributed by atoms with Crippen LogP contribution in [0.2, 0.25) is 0 Å². The van der Waals surface area contributed by atoms with Crippen molar-refractivity contribution in [3.05, 3.63) is 0 Å². The molecule has 1 rings (SSSR count). The Balaban J connectivity index is 2.72. The van der Waals surface area contributed by atoms with Crippen molar-refractivity contribution in [1.29, 1.82) is 0 Å². The van der Waals surface area contributed by atoms with Crippen molar-refractivity contribution < 1.29 is 13.2 Å². The molecule has 1 amide bonds. The van der Waals surface area contributed by atoms with E-state index in [2.05, 4.69) is 0 Å². The minimum atomic E-state index is -3.23. The van der Waals surface area contributed by atoms with Gasteiger partial charge in [0.2, 0.25) is 5.91 Å². The van der Waals surface area contributed by atoms with Gasteiger partial charge in [-0.15, -0.1) is 11.6 Å². The maximum absolute atomic E-state index is 12.2. The number of rotatable bonds is 5. The van der Waals surface area contributed by atoms with Crippen LogP contribution in [0.4, 0.5) is 0 Å². The number of carbonyl (C=O) groups is 1. The normalized spacial score (nSPS) is 23.3. The third-order valence-electron chi connectivity index (χ3n) is 3.11. The zero-order valence-corrected chi connectivity index (χ0v) is 11.8. The Morgan fingerprint density at radius 2 is 2.12 bits per heavy atom. The standard InChI is InChI=1S/C11H20ClNO3S/c1-2-13(8-5-7-12)11(14)10-6-3-4-9-17(10,15)16/h10H,2-9H2,1H3. The van der Waals surface area contributed by atoms with E-state index in [1.54, 1.807) is 4.90 Å². The molecule has 1 aliphatic rings. The average Bonchev–Trinajstić information content (AvgIpc) is 2.29. The van der Waals surface area contributed by atoms with Gasteiger partial charge in [0.25, 0.3) is 0 Å². The lowest BCUT2D eigenvalue weighted by atomic mass is 10.1. The highest BCUT2D eigenvalue weighted by Crippen LogP contribution is 2.21. The van der Waals surface area contributed by atoms with Gasteiger partial charge in [0.1, 0.15) is 5.25 Å². The summed E-state index contributed by atoms with van der Waals surface area (Å²) in [7, 11) is -3.23. The zero-order chi connectivity index (χ0) is 12.9. The van der Waals surface area contributed by atoms with Crippen molar-refractivity contribution >= 4 is 27.3 Å². The van der Waals surface area contributed by atoms with Crippen LogP contribution in [-0.4, -0.2) is 49.2 Å². The maximum atomic E-state index is 12.2. The minimum absolute atomic E-state index is 0.149. The molecule has 1 heterocycles. The highest BCUT2D eigenvalue weighted by Gasteiger charge is 2.36. The summed E-state index contributed by atoms with van der Waals surface area (Å²) in [6.45, 7) is 2.95. The Hall–Kier alpha value is -0.290. The number of alkyl halides is 1. The molecule has 0 aromatic rings. The minimum Gasteiger partial charge on any atom is -0.342 e. The molecule has 100 valence electrons. The van der Waals surface area contributed by atoms with Gasteiger partial charge in [0, 0.05) is 19.0 Å². The predicted molar refractivity (Wildman–Crippen MR) is 69.0 cm³/mol. The third kappa shape index (κ3) is 3.85. The summed E-state index contributed by atoms with van der Waals surface area (Å²) in [5.74, 6) is 0.398. The van der Waals surface area contributed by atoms with Crippen LogP contribution in [0.15, 0.2) is 0 Å². The Kier molecular flexibility index (Phi) is 5.73. The van der Waals surface area contributed by atoms with E-state index >= 15 is 0 Å². The van der Waals surface area contributed by atoms with Crippen molar-refractivity contribution in [2.24, 2.45) is 0 Å². The fraction of sp³-hybridized carbons (Fsp3) is 0.909. The SMILES string of the molecule is CCN(CCCCl)C(=O)C1CCCCS1(=O)=O. The van der Waals surface area contributed by atoms with Crippen LogP contribution in [0.1, 0.15) is 32.6 Å². The Labute approximate surface area is 108 Å². The number of hydrogen-bond acceptors (Lipinski definition) is 3. The molecule has 1 unspecified atom stereocenters. The quantitative estimate of drug-likeness (QED) is 0.717. The number of sulfone groups is 1. The lowest BCUT2D eigenvalue weighted by Crippen LogP contribution is -2.45. The summed E-state index contributed by atoms with van der Waals surface area (Å²) in [5.41, 5.74) is 0. The fourth-order valence-corrected chi connectivity index (χ4v) is 4.10. The predicted octanol–water partition coefficient (Wildman–Crippen LogP) is 1.43. The first-order valence-electron chi connectivity index (χ1n) is 6.09. The lowest BCUT2D eigenvalue weighted by Gasteiger charge is -2.28. The van der Waals surface area contributed by atoms with E-state index in [4.69, 9.17) is 11.6 Å². The van der Waals surface area contributed by atoms with E-state index < -0.39 is 15.1 Å². The molecule has 0 bridgehead atoms. The second-order valence-electron chi connectivity index (χ2n) is 4.31. The monoisotopic (exact) mass is 281 g/mol. The zero-order valence-electron chi connectivity index (χ0n) is 10.2. The Morgan fingerprint density at radius 1 is 1.41 bits per heavy atom. The van der Waals surface area contributed by atoms with E-state index in [1.165, 1.54) is 0 Å². The number of amides is 1. The maximum Gasteiger partial charge on any atom is 0.240 e. The first kappa shape index (κ1) is 14.8. The van der Waals surface area contributed by atoms with Crippen molar-refractivity contribution in [2.75, 3.05) is 24.7 Å². The van der Waals surface area contributed by atoms with E-state index in [1.807, 2.05) is 6.92 Å². The largest absolute Gasteiger partial charge is 0.342 e. The third-order valence-corrected chi connectivity index (χ3v) is 5.54. The van der Waals surface area contributed by atoms with Crippen molar-refractivity contribution in [3.8, 4) is 0 Å². The number of nitrogens with zero attached hydrogens (tertiary/aromatic N) is 1. The van der Waals surface area contributed by atoms with Crippen LogP contribution in [-0.2, 0) is 14.6 Å². The molecule has 17 heavy (non-hydrogen) atoms. The first-order chi connectivity index (χ1) is 8.03. The highest BCUT2D eigenvalue weighted by molar-refractivity contribution is 7.92. The average molecular weight is 282 g/mol. The Bertz CT molecular complexity index is 356. The fourth-order valence-electron chi connectivity index (χ4n) is 2.11. The number of halogens is 1. The summed E-state index contributed by atoms with van der Waals surface area (Å²) in [5, 5.41) is -0.813. The van der Waals surface area contributed by atoms with Gasteiger partial charge in [0.05, 0.1) is 5.75 Å². The summed E-state index contributed by atoms with van der Waals surface area (Å²) >= 11 is 5.59. The smallest absolute Gasteiger partial charge is 0.240 e. The van der Waals surface area contributed by atoms with Gasteiger partial charge in [-0.1, -0.05) is 6.42 Å². The summed E-state index contributed by atoms with van der Waals surface area (Å²) in [6.07, 6.45) is 2.68. The molecule has 1 saturated heterocycles. The topological polar surface area (TPSA) is 54.5 Å². The molecule has 0 aromatic heterocycles. The molecule has 1 aliphatic heterocycles. The van der Waals surface area contributed by atoms with Gasteiger partial charge in [-0.05, 0) is 26.2 Å². The molecule has 4 nitrogen and oxygen atoms in total. The molecule has 0 aromatic carbocycles. The first-order valence-corrected chi connectivity index (χ1v) is 8.34. The Morgan fingerprint density at radius 3 is 2.65 bits per heavy atom. The van der Waals surface area contributed by atoms with Crippen LogP contribution in [0.5, 0.6) is 0 Å². The second kappa shape index (κ2) is 6.59. The van der Waals surface area contributed by atoms with Crippen LogP contribution < -0.4 is 0 Å². The molecule has 0 saturated carbocycles. The molecule has 0 N–H and O–H groups in total. The molecule has 1 fully saturated rings. The summed E-state index contributed by atoms with van der Waals surface area (Å²) in [4.78, 5) is 13.8. The molecular weight excluding hydrogens is 262 g/mol. The van der Waals surface area contributed by atoms with Gasteiger partial charge >= 0.3 is 0 Å². The molecule has 0 radical (unpaired) electrons. The van der Waals surface area contributed by atoms with Gasteiger partial charge in [-0.2, -0.15) is 0 Å². The van der Waals surface area contributed by atoms with E-state index in [9.17, 15) is 13.2 Å². The molecule has 6 heteroatoms. The van der Waals surface area contributed by atoms with Gasteiger partial charge in [-0.25, -0.2) is 8.42 Å². The summed E-state index contributed by atoms with van der Waals surface area (Å²) < 4.78 is 23.7.